The summed E-state index contributed by atoms with van der Waals surface area (Å²) in [6, 6.07) is 17.4. The smallest absolute Gasteiger partial charge is 0.232 e. The van der Waals surface area contributed by atoms with Crippen molar-refractivity contribution in [2.75, 3.05) is 37.0 Å². The number of carbonyl (C=O) groups excluding carboxylic acids is 1. The van der Waals surface area contributed by atoms with Crippen molar-refractivity contribution in [3.8, 4) is 11.5 Å². The number of thioether (sulfide) groups is 1. The van der Waals surface area contributed by atoms with Crippen LogP contribution in [0, 0.1) is 0 Å². The molecule has 2 rings (SSSR count). The first-order valence-electron chi connectivity index (χ1n) is 9.32. The van der Waals surface area contributed by atoms with E-state index in [4.69, 9.17) is 9.47 Å². The summed E-state index contributed by atoms with van der Waals surface area (Å²) >= 11 is 1.68. The molecule has 2 aromatic rings. The maximum atomic E-state index is 12.0. The van der Waals surface area contributed by atoms with Crippen LogP contribution >= 0.6 is 11.8 Å². The Morgan fingerprint density at radius 3 is 2.29 bits per heavy atom. The first-order valence-corrected chi connectivity index (χ1v) is 11.8. The molecule has 28 heavy (non-hydrogen) atoms. The van der Waals surface area contributed by atoms with Gasteiger partial charge in [0.2, 0.25) is 5.91 Å². The molecule has 0 bridgehead atoms. The molecule has 0 heterocycles. The van der Waals surface area contributed by atoms with Gasteiger partial charge < -0.3 is 14.8 Å². The highest BCUT2D eigenvalue weighted by molar-refractivity contribution is 7.99. The quantitative estimate of drug-likeness (QED) is 0.396. The Kier molecular flexibility index (Phi) is 10.5. The van der Waals surface area contributed by atoms with E-state index in [0.717, 1.165) is 17.9 Å². The monoisotopic (exact) mass is 421 g/mol. The third-order valence-electron chi connectivity index (χ3n) is 3.60. The molecule has 1 amide bonds. The molecule has 1 N–H and O–H groups in total. The molecule has 0 saturated heterocycles. The topological polar surface area (TPSA) is 64.6 Å². The van der Waals surface area contributed by atoms with E-state index < -0.39 is 10.8 Å². The van der Waals surface area contributed by atoms with Gasteiger partial charge in [-0.3, -0.25) is 9.00 Å². The number of ether oxygens (including phenoxy) is 2. The van der Waals surface area contributed by atoms with Gasteiger partial charge in [0, 0.05) is 28.0 Å². The molecule has 0 aromatic heterocycles. The van der Waals surface area contributed by atoms with Gasteiger partial charge in [0.25, 0.3) is 0 Å². The molecule has 0 aliphatic heterocycles. The predicted molar refractivity (Wildman–Crippen MR) is 116 cm³/mol. The number of hydrogen-bond acceptors (Lipinski definition) is 5. The second-order valence-corrected chi connectivity index (χ2v) is 8.71. The van der Waals surface area contributed by atoms with E-state index in [1.165, 1.54) is 4.90 Å². The van der Waals surface area contributed by atoms with E-state index in [9.17, 15) is 9.00 Å². The first kappa shape index (κ1) is 22.3. The molecular formula is C21H27NO4S2. The fourth-order valence-electron chi connectivity index (χ4n) is 2.25. The molecule has 0 fully saturated rings. The number of rotatable bonds is 13. The van der Waals surface area contributed by atoms with Gasteiger partial charge in [-0.2, -0.15) is 0 Å². The maximum Gasteiger partial charge on any atom is 0.232 e. The van der Waals surface area contributed by atoms with Crippen LogP contribution in [0.5, 0.6) is 11.5 Å². The fraction of sp³-hybridized carbons (Fsp3) is 0.381. The predicted octanol–water partition coefficient (Wildman–Crippen LogP) is 3.51. The average molecular weight is 422 g/mol. The Balaban J connectivity index is 1.55. The zero-order valence-electron chi connectivity index (χ0n) is 16.1. The number of benzene rings is 2. The van der Waals surface area contributed by atoms with Crippen molar-refractivity contribution in [1.82, 2.24) is 5.32 Å². The highest BCUT2D eigenvalue weighted by Gasteiger charge is 2.08. The summed E-state index contributed by atoms with van der Waals surface area (Å²) in [6.07, 6.45) is 0.962. The van der Waals surface area contributed by atoms with Gasteiger partial charge >= 0.3 is 0 Å². The highest BCUT2D eigenvalue weighted by atomic mass is 32.2. The van der Waals surface area contributed by atoms with Crippen LogP contribution in [0.15, 0.2) is 59.5 Å². The number of amides is 1. The molecule has 1 atom stereocenters. The van der Waals surface area contributed by atoms with E-state index in [1.54, 1.807) is 11.8 Å². The second kappa shape index (κ2) is 13.2. The van der Waals surface area contributed by atoms with E-state index in [1.807, 2.05) is 54.6 Å². The van der Waals surface area contributed by atoms with Crippen molar-refractivity contribution in [3.05, 3.63) is 54.6 Å². The summed E-state index contributed by atoms with van der Waals surface area (Å²) in [4.78, 5) is 13.0. The van der Waals surface area contributed by atoms with Crippen LogP contribution < -0.4 is 14.8 Å². The van der Waals surface area contributed by atoms with Gasteiger partial charge in [-0.05, 0) is 42.8 Å². The molecule has 152 valence electrons. The Labute approximate surface area is 173 Å². The molecule has 2 aromatic carbocycles. The largest absolute Gasteiger partial charge is 0.494 e. The summed E-state index contributed by atoms with van der Waals surface area (Å²) in [5.41, 5.74) is 0. The van der Waals surface area contributed by atoms with E-state index in [2.05, 4.69) is 12.2 Å². The molecule has 5 nitrogen and oxygen atoms in total. The van der Waals surface area contributed by atoms with Crippen molar-refractivity contribution in [2.45, 2.75) is 18.2 Å². The Hall–Kier alpha value is -1.99. The van der Waals surface area contributed by atoms with Crippen LogP contribution in [-0.4, -0.2) is 47.1 Å². The van der Waals surface area contributed by atoms with E-state index in [-0.39, 0.29) is 11.7 Å². The minimum atomic E-state index is -1.24. The summed E-state index contributed by atoms with van der Waals surface area (Å²) in [5, 5.41) is 2.81. The summed E-state index contributed by atoms with van der Waals surface area (Å²) in [5.74, 6) is 2.42. The zero-order valence-corrected chi connectivity index (χ0v) is 17.7. The lowest BCUT2D eigenvalue weighted by Gasteiger charge is -2.08. The Bertz CT molecular complexity index is 723. The van der Waals surface area contributed by atoms with Crippen LogP contribution in [0.3, 0.4) is 0 Å². The Morgan fingerprint density at radius 1 is 1.00 bits per heavy atom. The number of carbonyl (C=O) groups is 1. The minimum absolute atomic E-state index is 0.00313. The van der Waals surface area contributed by atoms with Crippen molar-refractivity contribution in [1.29, 1.82) is 0 Å². The van der Waals surface area contributed by atoms with Crippen molar-refractivity contribution < 1.29 is 18.5 Å². The first-order chi connectivity index (χ1) is 13.7. The van der Waals surface area contributed by atoms with Crippen molar-refractivity contribution >= 4 is 28.5 Å². The van der Waals surface area contributed by atoms with Crippen LogP contribution in [0.4, 0.5) is 0 Å². The minimum Gasteiger partial charge on any atom is -0.494 e. The fourth-order valence-corrected chi connectivity index (χ4v) is 3.85. The SMILES string of the molecule is CCCOc1ccc(OCC[S@@](=O)CC(=O)NCCSc2ccccc2)cc1. The second-order valence-electron chi connectivity index (χ2n) is 5.97. The van der Waals surface area contributed by atoms with Crippen LogP contribution in [0.1, 0.15) is 13.3 Å². The van der Waals surface area contributed by atoms with Gasteiger partial charge in [-0.1, -0.05) is 25.1 Å². The number of nitrogens with one attached hydrogen (secondary N) is 1. The lowest BCUT2D eigenvalue weighted by Crippen LogP contribution is -2.31. The zero-order chi connectivity index (χ0) is 20.0. The maximum absolute atomic E-state index is 12.0. The van der Waals surface area contributed by atoms with Gasteiger partial charge in [-0.15, -0.1) is 11.8 Å². The molecule has 0 aliphatic carbocycles. The molecule has 0 aliphatic rings. The average Bonchev–Trinajstić information content (AvgIpc) is 2.71. The van der Waals surface area contributed by atoms with Crippen molar-refractivity contribution in [2.24, 2.45) is 0 Å². The third-order valence-corrected chi connectivity index (χ3v) is 5.82. The van der Waals surface area contributed by atoms with E-state index >= 15 is 0 Å². The van der Waals surface area contributed by atoms with Gasteiger partial charge in [0.05, 0.1) is 19.0 Å². The van der Waals surface area contributed by atoms with Gasteiger partial charge in [0.1, 0.15) is 17.3 Å². The Morgan fingerprint density at radius 2 is 1.64 bits per heavy atom. The third kappa shape index (κ3) is 9.28. The van der Waals surface area contributed by atoms with Crippen LogP contribution in [0.25, 0.3) is 0 Å². The van der Waals surface area contributed by atoms with Crippen molar-refractivity contribution in [3.63, 3.8) is 0 Å². The molecule has 0 saturated carbocycles. The normalized spacial score (nSPS) is 11.6. The highest BCUT2D eigenvalue weighted by Crippen LogP contribution is 2.18. The standard InChI is InChI=1S/C21H27NO4S2/c1-2-13-25-18-8-10-19(11-9-18)26-14-16-28(24)17-21(23)22-12-15-27-20-6-4-3-5-7-20/h3-11H,2,12-17H2,1H3,(H,22,23)/t28-/m1/s1. The summed E-state index contributed by atoms with van der Waals surface area (Å²) < 4.78 is 23.1. The lowest BCUT2D eigenvalue weighted by atomic mass is 10.3. The van der Waals surface area contributed by atoms with Gasteiger partial charge in [-0.25, -0.2) is 0 Å². The lowest BCUT2D eigenvalue weighted by molar-refractivity contribution is -0.118. The molecule has 7 heteroatoms. The summed E-state index contributed by atoms with van der Waals surface area (Å²) in [6.45, 7) is 3.60. The van der Waals surface area contributed by atoms with Crippen LogP contribution in [-0.2, 0) is 15.6 Å². The molecule has 0 spiro atoms. The molecular weight excluding hydrogens is 394 g/mol. The van der Waals surface area contributed by atoms with Crippen LogP contribution in [0.2, 0.25) is 0 Å². The summed E-state index contributed by atoms with van der Waals surface area (Å²) in [7, 11) is -1.24. The van der Waals surface area contributed by atoms with Gasteiger partial charge in [0.15, 0.2) is 0 Å². The molecule has 0 radical (unpaired) electrons. The molecule has 0 unspecified atom stereocenters. The van der Waals surface area contributed by atoms with E-state index in [0.29, 0.717) is 31.3 Å². The number of hydrogen-bond donors (Lipinski definition) is 1.